The topological polar surface area (TPSA) is 70.2 Å². The summed E-state index contributed by atoms with van der Waals surface area (Å²) >= 11 is 0. The predicted molar refractivity (Wildman–Crippen MR) is 187 cm³/mol. The second-order valence-electron chi connectivity index (χ2n) is 12.6. The first-order chi connectivity index (χ1) is 23.3. The van der Waals surface area contributed by atoms with Crippen molar-refractivity contribution in [3.8, 4) is 0 Å². The van der Waals surface area contributed by atoms with E-state index in [1.807, 2.05) is 79.4 Å². The maximum Gasteiger partial charge on any atom is 0.336 e. The lowest BCUT2D eigenvalue weighted by atomic mass is 9.83. The predicted octanol–water partition coefficient (Wildman–Crippen LogP) is 6.90. The molecule has 0 aliphatic carbocycles. The van der Waals surface area contributed by atoms with Gasteiger partial charge in [-0.1, -0.05) is 103 Å². The van der Waals surface area contributed by atoms with E-state index < -0.39 is 5.97 Å². The molecule has 4 aromatic rings. The van der Waals surface area contributed by atoms with Crippen molar-refractivity contribution >= 4 is 17.8 Å². The molecule has 6 rings (SSSR count). The molecular weight excluding hydrogens is 598 g/mol. The second-order valence-corrected chi connectivity index (χ2v) is 12.6. The van der Waals surface area contributed by atoms with Gasteiger partial charge in [0.2, 0.25) is 5.91 Å². The van der Waals surface area contributed by atoms with Crippen molar-refractivity contribution in [3.05, 3.63) is 154 Å². The van der Waals surface area contributed by atoms with E-state index in [0.29, 0.717) is 29.9 Å². The Bertz CT molecular complexity index is 1760. The molecule has 7 heteroatoms. The van der Waals surface area contributed by atoms with Gasteiger partial charge in [-0.05, 0) is 55.2 Å². The third-order valence-corrected chi connectivity index (χ3v) is 9.47. The van der Waals surface area contributed by atoms with E-state index >= 15 is 0 Å². The lowest BCUT2D eigenvalue weighted by Gasteiger charge is -2.40. The lowest BCUT2D eigenvalue weighted by Crippen LogP contribution is -2.49. The van der Waals surface area contributed by atoms with Gasteiger partial charge in [-0.25, -0.2) is 4.79 Å². The molecule has 246 valence electrons. The van der Waals surface area contributed by atoms with Gasteiger partial charge in [0.15, 0.2) is 0 Å². The number of hydrogen-bond acceptors (Lipinski definition) is 5. The summed E-state index contributed by atoms with van der Waals surface area (Å²) in [6.45, 7) is 8.87. The van der Waals surface area contributed by atoms with Gasteiger partial charge in [0.25, 0.3) is 5.91 Å². The molecule has 4 aromatic carbocycles. The van der Waals surface area contributed by atoms with Crippen LogP contribution in [0, 0.1) is 6.92 Å². The first-order valence-electron chi connectivity index (χ1n) is 16.8. The van der Waals surface area contributed by atoms with Crippen LogP contribution in [-0.4, -0.2) is 65.3 Å². The molecule has 7 nitrogen and oxygen atoms in total. The first-order valence-corrected chi connectivity index (χ1v) is 16.8. The molecule has 1 unspecified atom stereocenters. The summed E-state index contributed by atoms with van der Waals surface area (Å²) in [6, 6.07) is 36.6. The summed E-state index contributed by atoms with van der Waals surface area (Å²) < 4.78 is 5.47. The van der Waals surface area contributed by atoms with Crippen molar-refractivity contribution in [2.45, 2.75) is 45.7 Å². The van der Waals surface area contributed by atoms with Crippen molar-refractivity contribution in [1.29, 1.82) is 0 Å². The average Bonchev–Trinajstić information content (AvgIpc) is 3.11. The van der Waals surface area contributed by atoms with Crippen LogP contribution in [0.25, 0.3) is 0 Å². The number of benzene rings is 4. The second kappa shape index (κ2) is 14.8. The number of carbonyl (C=O) groups is 3. The van der Waals surface area contributed by atoms with Gasteiger partial charge in [0.1, 0.15) is 0 Å². The van der Waals surface area contributed by atoms with E-state index in [1.165, 1.54) is 11.1 Å². The fourth-order valence-corrected chi connectivity index (χ4v) is 7.08. The summed E-state index contributed by atoms with van der Waals surface area (Å²) in [7, 11) is 0. The molecule has 1 saturated heterocycles. The number of aryl methyl sites for hydroxylation is 1. The van der Waals surface area contributed by atoms with Gasteiger partial charge in [0, 0.05) is 49.8 Å². The molecule has 0 bridgehead atoms. The molecule has 0 aromatic heterocycles. The van der Waals surface area contributed by atoms with E-state index in [-0.39, 0.29) is 43.3 Å². The molecule has 2 heterocycles. The number of hydrogen-bond donors (Lipinski definition) is 0. The quantitative estimate of drug-likeness (QED) is 0.186. The largest absolute Gasteiger partial charge is 0.463 e. The molecule has 0 N–H and O–H groups in total. The van der Waals surface area contributed by atoms with Crippen LogP contribution in [0.5, 0.6) is 0 Å². The molecule has 2 amide bonds. The third kappa shape index (κ3) is 7.11. The highest BCUT2D eigenvalue weighted by Crippen LogP contribution is 2.38. The normalized spacial score (nSPS) is 17.2. The van der Waals surface area contributed by atoms with Crippen molar-refractivity contribution in [1.82, 2.24) is 14.7 Å². The SMILES string of the molecule is CCOC(=O)C1=C(C)N(Cc2cccc(C(=O)N3CCN(C(c4ccccc4)c4ccccc4)CC3)c2)C(=O)CC1c1cccc(C)c1. The Morgan fingerprint density at radius 3 is 2.06 bits per heavy atom. The highest BCUT2D eigenvalue weighted by molar-refractivity contribution is 5.96. The van der Waals surface area contributed by atoms with Crippen molar-refractivity contribution in [3.63, 3.8) is 0 Å². The maximum absolute atomic E-state index is 13.8. The fourth-order valence-electron chi connectivity index (χ4n) is 7.08. The molecule has 48 heavy (non-hydrogen) atoms. The van der Waals surface area contributed by atoms with Crippen LogP contribution in [0.2, 0.25) is 0 Å². The Hall–Kier alpha value is -5.01. The van der Waals surface area contributed by atoms with Crippen LogP contribution < -0.4 is 0 Å². The summed E-state index contributed by atoms with van der Waals surface area (Å²) in [5.41, 5.74) is 7.01. The van der Waals surface area contributed by atoms with E-state index in [4.69, 9.17) is 4.74 Å². The Balaban J connectivity index is 1.18. The minimum absolute atomic E-state index is 0.0172. The van der Waals surface area contributed by atoms with Crippen LogP contribution in [-0.2, 0) is 20.9 Å². The lowest BCUT2D eigenvalue weighted by molar-refractivity contribution is -0.140. The monoisotopic (exact) mass is 641 g/mol. The molecule has 0 saturated carbocycles. The summed E-state index contributed by atoms with van der Waals surface area (Å²) in [5, 5.41) is 0. The highest BCUT2D eigenvalue weighted by Gasteiger charge is 2.37. The number of rotatable bonds is 9. The molecule has 1 atom stereocenters. The van der Waals surface area contributed by atoms with Crippen LogP contribution in [0.4, 0.5) is 0 Å². The number of amides is 2. The zero-order valence-corrected chi connectivity index (χ0v) is 28.0. The van der Waals surface area contributed by atoms with Crippen LogP contribution in [0.15, 0.2) is 120 Å². The van der Waals surface area contributed by atoms with Crippen LogP contribution in [0.3, 0.4) is 0 Å². The van der Waals surface area contributed by atoms with Gasteiger partial charge in [0.05, 0.1) is 24.8 Å². The highest BCUT2D eigenvalue weighted by atomic mass is 16.5. The van der Waals surface area contributed by atoms with E-state index in [2.05, 4.69) is 53.4 Å². The zero-order valence-electron chi connectivity index (χ0n) is 28.0. The molecule has 0 radical (unpaired) electrons. The maximum atomic E-state index is 13.8. The standard InChI is InChI=1S/C41H43N3O4/c1-4-48-41(47)38-30(3)44(37(45)27-36(38)34-19-11-13-29(2)25-34)28-31-14-12-20-35(26-31)40(46)43-23-21-42(22-24-43)39(32-15-7-5-8-16-32)33-17-9-6-10-18-33/h5-20,25-26,36,39H,4,21-24,27-28H2,1-3H3. The summed E-state index contributed by atoms with van der Waals surface area (Å²) in [6.07, 6.45) is 0.171. The van der Waals surface area contributed by atoms with Gasteiger partial charge < -0.3 is 14.5 Å². The Kier molecular flexibility index (Phi) is 10.2. The third-order valence-electron chi connectivity index (χ3n) is 9.47. The minimum atomic E-state index is -0.399. The minimum Gasteiger partial charge on any atom is -0.463 e. The number of carbonyl (C=O) groups excluding carboxylic acids is 3. The smallest absolute Gasteiger partial charge is 0.336 e. The van der Waals surface area contributed by atoms with Gasteiger partial charge in [-0.15, -0.1) is 0 Å². The number of allylic oxidation sites excluding steroid dienone is 1. The van der Waals surface area contributed by atoms with Gasteiger partial charge in [-0.2, -0.15) is 0 Å². The molecule has 0 spiro atoms. The summed E-state index contributed by atoms with van der Waals surface area (Å²) in [4.78, 5) is 46.7. The molecule has 2 aliphatic rings. The molecule has 1 fully saturated rings. The molecular formula is C41H43N3O4. The summed E-state index contributed by atoms with van der Waals surface area (Å²) in [5.74, 6) is -0.853. The first kappa shape index (κ1) is 32.9. The van der Waals surface area contributed by atoms with Gasteiger partial charge in [-0.3, -0.25) is 14.5 Å². The average molecular weight is 642 g/mol. The Labute approximate surface area is 283 Å². The molecule has 2 aliphatic heterocycles. The van der Waals surface area contributed by atoms with Crippen LogP contribution >= 0.6 is 0 Å². The van der Waals surface area contributed by atoms with Crippen molar-refractivity contribution < 1.29 is 19.1 Å². The van der Waals surface area contributed by atoms with Gasteiger partial charge >= 0.3 is 5.97 Å². The number of esters is 1. The van der Waals surface area contributed by atoms with Crippen molar-refractivity contribution in [2.24, 2.45) is 0 Å². The van der Waals surface area contributed by atoms with E-state index in [9.17, 15) is 14.4 Å². The number of nitrogens with zero attached hydrogens (tertiary/aromatic N) is 3. The van der Waals surface area contributed by atoms with E-state index in [0.717, 1.165) is 29.8 Å². The Morgan fingerprint density at radius 2 is 1.44 bits per heavy atom. The fraction of sp³-hybridized carbons (Fsp3) is 0.293. The zero-order chi connectivity index (χ0) is 33.6. The van der Waals surface area contributed by atoms with Crippen LogP contribution in [0.1, 0.15) is 70.4 Å². The number of piperazine rings is 1. The number of ether oxygens (including phenoxy) is 1. The van der Waals surface area contributed by atoms with Crippen molar-refractivity contribution in [2.75, 3.05) is 32.8 Å². The Morgan fingerprint density at radius 1 is 0.792 bits per heavy atom. The van der Waals surface area contributed by atoms with E-state index in [1.54, 1.807) is 11.8 Å².